The molecule has 2 heteroatoms. The molecule has 51 heavy (non-hydrogen) atoms. The first-order chi connectivity index (χ1) is 25.0. The lowest BCUT2D eigenvalue weighted by atomic mass is 9.82. The Kier molecular flexibility index (Phi) is 6.56. The van der Waals surface area contributed by atoms with Gasteiger partial charge in [-0.2, -0.15) is 0 Å². The van der Waals surface area contributed by atoms with Crippen molar-refractivity contribution in [1.82, 2.24) is 0 Å². The van der Waals surface area contributed by atoms with Crippen LogP contribution in [0.1, 0.15) is 25.0 Å². The SMILES string of the molecule is CC1(C)c2ccccc2-c2ccc(N(c3ccc(-c4ccccc4)cc3)c3cc4oc5cc6ccccc6cc5c4cc3-c3ccccc3)cc21. The van der Waals surface area contributed by atoms with Crippen LogP contribution in [0, 0.1) is 0 Å². The lowest BCUT2D eigenvalue weighted by molar-refractivity contribution is 0.660. The molecular weight excluding hydrogens is 619 g/mol. The maximum absolute atomic E-state index is 6.71. The van der Waals surface area contributed by atoms with Crippen LogP contribution in [0.5, 0.6) is 0 Å². The minimum atomic E-state index is -0.127. The second-order valence-electron chi connectivity index (χ2n) is 14.2. The molecule has 0 spiro atoms. The van der Waals surface area contributed by atoms with Gasteiger partial charge in [-0.1, -0.05) is 141 Å². The van der Waals surface area contributed by atoms with Crippen LogP contribution in [0.15, 0.2) is 180 Å². The first-order valence-electron chi connectivity index (χ1n) is 17.7. The summed E-state index contributed by atoms with van der Waals surface area (Å²) >= 11 is 0. The summed E-state index contributed by atoms with van der Waals surface area (Å²) in [6.07, 6.45) is 0. The molecule has 2 nitrogen and oxygen atoms in total. The standard InChI is InChI=1S/C49H35NO/c1-49(2)44-20-12-11-19-39(44)40-26-25-38(29-45(40)49)50(37-23-21-33(22-24-37)32-13-5-3-6-14-32)46-31-48-43(30-41(46)34-15-7-4-8-16-34)42-27-35-17-9-10-18-36(35)28-47(42)51-48/h3-31H,1-2H3. The molecule has 1 aromatic heterocycles. The summed E-state index contributed by atoms with van der Waals surface area (Å²) in [5.74, 6) is 0. The van der Waals surface area contributed by atoms with E-state index in [1.165, 1.54) is 44.2 Å². The molecule has 9 aromatic rings. The Hall–Kier alpha value is -6.38. The predicted molar refractivity (Wildman–Crippen MR) is 214 cm³/mol. The molecule has 0 amide bonds. The summed E-state index contributed by atoms with van der Waals surface area (Å²) in [6.45, 7) is 4.69. The largest absolute Gasteiger partial charge is 0.456 e. The van der Waals surface area contributed by atoms with Crippen LogP contribution in [-0.4, -0.2) is 0 Å². The van der Waals surface area contributed by atoms with Gasteiger partial charge >= 0.3 is 0 Å². The third-order valence-corrected chi connectivity index (χ3v) is 10.8. The Morgan fingerprint density at radius 1 is 0.412 bits per heavy atom. The van der Waals surface area contributed by atoms with Crippen LogP contribution < -0.4 is 4.90 Å². The second-order valence-corrected chi connectivity index (χ2v) is 14.2. The highest BCUT2D eigenvalue weighted by Gasteiger charge is 2.36. The van der Waals surface area contributed by atoms with Gasteiger partial charge in [-0.05, 0) is 92.2 Å². The molecular formula is C49H35NO. The molecule has 1 heterocycles. The zero-order valence-electron chi connectivity index (χ0n) is 28.6. The van der Waals surface area contributed by atoms with E-state index in [0.717, 1.165) is 50.1 Å². The van der Waals surface area contributed by atoms with Gasteiger partial charge in [0, 0.05) is 39.2 Å². The zero-order valence-corrected chi connectivity index (χ0v) is 28.6. The highest BCUT2D eigenvalue weighted by Crippen LogP contribution is 2.52. The van der Waals surface area contributed by atoms with Gasteiger partial charge < -0.3 is 9.32 Å². The fourth-order valence-corrected chi connectivity index (χ4v) is 8.22. The number of benzene rings is 8. The molecule has 1 aliphatic rings. The van der Waals surface area contributed by atoms with Crippen molar-refractivity contribution < 1.29 is 4.42 Å². The molecule has 242 valence electrons. The Morgan fingerprint density at radius 3 is 1.75 bits per heavy atom. The van der Waals surface area contributed by atoms with E-state index >= 15 is 0 Å². The molecule has 0 bridgehead atoms. The minimum Gasteiger partial charge on any atom is -0.456 e. The van der Waals surface area contributed by atoms with E-state index in [4.69, 9.17) is 4.42 Å². The van der Waals surface area contributed by atoms with Gasteiger partial charge in [-0.25, -0.2) is 0 Å². The molecule has 0 saturated heterocycles. The van der Waals surface area contributed by atoms with Gasteiger partial charge in [0.2, 0.25) is 0 Å². The Morgan fingerprint density at radius 2 is 0.980 bits per heavy atom. The minimum absolute atomic E-state index is 0.127. The third kappa shape index (κ3) is 4.71. The number of nitrogens with zero attached hydrogens (tertiary/aromatic N) is 1. The van der Waals surface area contributed by atoms with Gasteiger partial charge in [0.1, 0.15) is 11.2 Å². The molecule has 0 saturated carbocycles. The number of furan rings is 1. The van der Waals surface area contributed by atoms with Crippen molar-refractivity contribution in [2.45, 2.75) is 19.3 Å². The average molecular weight is 654 g/mol. The van der Waals surface area contributed by atoms with Crippen molar-refractivity contribution in [1.29, 1.82) is 0 Å². The second kappa shape index (κ2) is 11.3. The molecule has 0 aliphatic heterocycles. The van der Waals surface area contributed by atoms with Crippen LogP contribution in [0.2, 0.25) is 0 Å². The molecule has 1 aliphatic carbocycles. The molecule has 10 rings (SSSR count). The maximum Gasteiger partial charge on any atom is 0.137 e. The van der Waals surface area contributed by atoms with E-state index in [-0.39, 0.29) is 5.41 Å². The van der Waals surface area contributed by atoms with Gasteiger partial charge in [0.25, 0.3) is 0 Å². The smallest absolute Gasteiger partial charge is 0.137 e. The number of rotatable bonds is 5. The summed E-state index contributed by atoms with van der Waals surface area (Å²) in [5, 5.41) is 4.63. The normalized spacial score (nSPS) is 13.1. The van der Waals surface area contributed by atoms with E-state index < -0.39 is 0 Å². The van der Waals surface area contributed by atoms with Crippen LogP contribution in [0.4, 0.5) is 17.1 Å². The Bertz CT molecular complexity index is 2760. The summed E-state index contributed by atoms with van der Waals surface area (Å²) in [7, 11) is 0. The number of anilines is 3. The van der Waals surface area contributed by atoms with E-state index in [2.05, 4.69) is 195 Å². The first kappa shape index (κ1) is 29.5. The van der Waals surface area contributed by atoms with Crippen molar-refractivity contribution in [3.05, 3.63) is 187 Å². The Balaban J connectivity index is 1.24. The lowest BCUT2D eigenvalue weighted by Gasteiger charge is -2.30. The quantitative estimate of drug-likeness (QED) is 0.184. The van der Waals surface area contributed by atoms with Crippen molar-refractivity contribution in [2.24, 2.45) is 0 Å². The van der Waals surface area contributed by atoms with Crippen LogP contribution in [0.25, 0.3) is 66.1 Å². The lowest BCUT2D eigenvalue weighted by Crippen LogP contribution is -2.17. The number of hydrogen-bond acceptors (Lipinski definition) is 2. The van der Waals surface area contributed by atoms with Crippen molar-refractivity contribution >= 4 is 49.8 Å². The fourth-order valence-electron chi connectivity index (χ4n) is 8.22. The molecule has 8 aromatic carbocycles. The number of fused-ring (bicyclic) bond motifs is 7. The molecule has 0 radical (unpaired) electrons. The molecule has 0 atom stereocenters. The van der Waals surface area contributed by atoms with E-state index in [1.807, 2.05) is 0 Å². The zero-order chi connectivity index (χ0) is 34.1. The maximum atomic E-state index is 6.71. The van der Waals surface area contributed by atoms with Crippen LogP contribution in [-0.2, 0) is 5.41 Å². The van der Waals surface area contributed by atoms with E-state index in [9.17, 15) is 0 Å². The summed E-state index contributed by atoms with van der Waals surface area (Å²) in [6, 6.07) is 63.7. The molecule has 0 unspecified atom stereocenters. The van der Waals surface area contributed by atoms with Gasteiger partial charge in [-0.15, -0.1) is 0 Å². The van der Waals surface area contributed by atoms with Crippen LogP contribution in [0.3, 0.4) is 0 Å². The van der Waals surface area contributed by atoms with Crippen molar-refractivity contribution in [3.63, 3.8) is 0 Å². The summed E-state index contributed by atoms with van der Waals surface area (Å²) < 4.78 is 6.71. The van der Waals surface area contributed by atoms with Crippen molar-refractivity contribution in [3.8, 4) is 33.4 Å². The van der Waals surface area contributed by atoms with Gasteiger partial charge in [-0.3, -0.25) is 0 Å². The summed E-state index contributed by atoms with van der Waals surface area (Å²) in [4.78, 5) is 2.42. The van der Waals surface area contributed by atoms with Gasteiger partial charge in [0.05, 0.1) is 5.69 Å². The average Bonchev–Trinajstić information content (AvgIpc) is 3.64. The van der Waals surface area contributed by atoms with E-state index in [1.54, 1.807) is 0 Å². The highest BCUT2D eigenvalue weighted by atomic mass is 16.3. The summed E-state index contributed by atoms with van der Waals surface area (Å²) in [5.41, 5.74) is 14.9. The topological polar surface area (TPSA) is 16.4 Å². The Labute approximate surface area is 297 Å². The van der Waals surface area contributed by atoms with Crippen molar-refractivity contribution in [2.75, 3.05) is 4.90 Å². The van der Waals surface area contributed by atoms with Gasteiger partial charge in [0.15, 0.2) is 0 Å². The third-order valence-electron chi connectivity index (χ3n) is 10.8. The fraction of sp³-hybridized carbons (Fsp3) is 0.0612. The molecule has 0 fully saturated rings. The predicted octanol–water partition coefficient (Wildman–Crippen LogP) is 13.8. The molecule has 0 N–H and O–H groups in total. The van der Waals surface area contributed by atoms with Crippen LogP contribution >= 0.6 is 0 Å². The van der Waals surface area contributed by atoms with E-state index in [0.29, 0.717) is 0 Å². The monoisotopic (exact) mass is 653 g/mol. The highest BCUT2D eigenvalue weighted by molar-refractivity contribution is 6.13. The number of hydrogen-bond donors (Lipinski definition) is 0. The first-order valence-corrected chi connectivity index (χ1v) is 17.7.